The van der Waals surface area contributed by atoms with Crippen molar-refractivity contribution in [1.82, 2.24) is 9.78 Å². The van der Waals surface area contributed by atoms with Gasteiger partial charge in [-0.2, -0.15) is 18.3 Å². The first-order valence-corrected chi connectivity index (χ1v) is 5.71. The monoisotopic (exact) mass is 299 g/mol. The molecule has 0 bridgehead atoms. The largest absolute Gasteiger partial charge is 0.436 e. The van der Waals surface area contributed by atoms with Crippen molar-refractivity contribution in [3.8, 4) is 0 Å². The molecule has 0 radical (unpaired) electrons. The Hall–Kier alpha value is -0.560. The maximum atomic E-state index is 12.5. The molecule has 0 aromatic carbocycles. The topological polar surface area (TPSA) is 43.8 Å². The molecule has 92 valence electrons. The van der Waals surface area contributed by atoms with Crippen molar-refractivity contribution in [3.05, 3.63) is 16.4 Å². The highest BCUT2D eigenvalue weighted by Crippen LogP contribution is 2.34. The molecule has 0 saturated carbocycles. The normalized spacial score (nSPS) is 14.1. The van der Waals surface area contributed by atoms with Crippen LogP contribution in [0.4, 0.5) is 13.2 Å². The van der Waals surface area contributed by atoms with Gasteiger partial charge in [0, 0.05) is 6.20 Å². The third-order valence-corrected chi connectivity index (χ3v) is 2.88. The van der Waals surface area contributed by atoms with Gasteiger partial charge in [-0.1, -0.05) is 6.92 Å². The van der Waals surface area contributed by atoms with E-state index >= 15 is 0 Å². The van der Waals surface area contributed by atoms with Crippen LogP contribution in [0.3, 0.4) is 0 Å². The highest BCUT2D eigenvalue weighted by Gasteiger charge is 2.37. The molecule has 0 aliphatic carbocycles. The fraction of sp³-hybridized carbons (Fsp3) is 0.667. The first-order chi connectivity index (χ1) is 7.40. The minimum atomic E-state index is -4.43. The van der Waals surface area contributed by atoms with Gasteiger partial charge in [-0.15, -0.1) is 0 Å². The zero-order valence-corrected chi connectivity index (χ0v) is 10.3. The van der Waals surface area contributed by atoms with Crippen molar-refractivity contribution >= 4 is 15.9 Å². The number of hydrogen-bond acceptors (Lipinski definition) is 2. The molecule has 1 aromatic rings. The average Bonchev–Trinajstić information content (AvgIpc) is 2.56. The molecule has 7 heteroatoms. The number of rotatable bonds is 4. The lowest BCUT2D eigenvalue weighted by molar-refractivity contribution is -0.142. The second-order valence-electron chi connectivity index (χ2n) is 3.44. The maximum Gasteiger partial charge on any atom is 0.436 e. The minimum absolute atomic E-state index is 0.0320. The fourth-order valence-corrected chi connectivity index (χ4v) is 1.98. The van der Waals surface area contributed by atoms with Crippen LogP contribution in [-0.4, -0.2) is 16.3 Å². The highest BCUT2D eigenvalue weighted by molar-refractivity contribution is 9.10. The minimum Gasteiger partial charge on any atom is -0.330 e. The Bertz CT molecular complexity index is 348. The van der Waals surface area contributed by atoms with Gasteiger partial charge in [0.15, 0.2) is 5.69 Å². The second kappa shape index (κ2) is 5.18. The smallest absolute Gasteiger partial charge is 0.330 e. The van der Waals surface area contributed by atoms with Gasteiger partial charge in [0.05, 0.1) is 10.5 Å². The Balaban J connectivity index is 2.99. The van der Waals surface area contributed by atoms with Crippen molar-refractivity contribution in [2.45, 2.75) is 32.0 Å². The molecule has 2 N–H and O–H groups in total. The summed E-state index contributed by atoms with van der Waals surface area (Å²) in [6.45, 7) is 2.32. The number of nitrogens with two attached hydrogens (primary N) is 1. The van der Waals surface area contributed by atoms with Crippen molar-refractivity contribution in [2.75, 3.05) is 6.54 Å². The van der Waals surface area contributed by atoms with E-state index in [1.165, 1.54) is 10.9 Å². The molecular formula is C9H13BrF3N3. The third-order valence-electron chi connectivity index (χ3n) is 2.30. The van der Waals surface area contributed by atoms with E-state index in [9.17, 15) is 13.2 Å². The van der Waals surface area contributed by atoms with Crippen molar-refractivity contribution in [2.24, 2.45) is 5.73 Å². The van der Waals surface area contributed by atoms with Crippen LogP contribution >= 0.6 is 15.9 Å². The summed E-state index contributed by atoms with van der Waals surface area (Å²) >= 11 is 2.87. The van der Waals surface area contributed by atoms with Crippen LogP contribution in [0.2, 0.25) is 0 Å². The molecule has 0 saturated heterocycles. The molecule has 0 aliphatic rings. The van der Waals surface area contributed by atoms with E-state index in [1.807, 2.05) is 6.92 Å². The molecule has 1 aromatic heterocycles. The van der Waals surface area contributed by atoms with Gasteiger partial charge < -0.3 is 5.73 Å². The summed E-state index contributed by atoms with van der Waals surface area (Å²) < 4.78 is 38.8. The van der Waals surface area contributed by atoms with Crippen LogP contribution in [-0.2, 0) is 6.18 Å². The number of aromatic nitrogens is 2. The average molecular weight is 300 g/mol. The Kier molecular flexibility index (Phi) is 4.37. The van der Waals surface area contributed by atoms with Crippen molar-refractivity contribution < 1.29 is 13.2 Å². The lowest BCUT2D eigenvalue weighted by Crippen LogP contribution is -2.15. The Morgan fingerprint density at radius 1 is 1.56 bits per heavy atom. The predicted octanol–water partition coefficient (Wildman–Crippen LogP) is 2.96. The zero-order valence-electron chi connectivity index (χ0n) is 8.76. The van der Waals surface area contributed by atoms with E-state index in [0.29, 0.717) is 19.4 Å². The van der Waals surface area contributed by atoms with Crippen LogP contribution in [0.5, 0.6) is 0 Å². The first kappa shape index (κ1) is 13.5. The molecule has 0 amide bonds. The summed E-state index contributed by atoms with van der Waals surface area (Å²) in [5, 5.41) is 3.56. The molecule has 16 heavy (non-hydrogen) atoms. The van der Waals surface area contributed by atoms with Crippen LogP contribution < -0.4 is 5.73 Å². The van der Waals surface area contributed by atoms with Gasteiger partial charge in [0.2, 0.25) is 0 Å². The lowest BCUT2D eigenvalue weighted by Gasteiger charge is -2.14. The standard InChI is InChI=1S/C9H13BrF3N3/c1-2-6(3-4-14)16-5-7(10)8(15-16)9(11,12)13/h5-6H,2-4,14H2,1H3. The van der Waals surface area contributed by atoms with Crippen LogP contribution in [0.15, 0.2) is 10.7 Å². The van der Waals surface area contributed by atoms with E-state index in [1.54, 1.807) is 0 Å². The fourth-order valence-electron chi connectivity index (χ4n) is 1.46. The molecular weight excluding hydrogens is 287 g/mol. The summed E-state index contributed by atoms with van der Waals surface area (Å²) in [6, 6.07) is -0.0857. The van der Waals surface area contributed by atoms with Crippen LogP contribution in [0, 0.1) is 0 Å². The number of halogens is 4. The molecule has 1 unspecified atom stereocenters. The Labute approximate surface area is 99.9 Å². The zero-order chi connectivity index (χ0) is 12.3. The van der Waals surface area contributed by atoms with Gasteiger partial charge >= 0.3 is 6.18 Å². The summed E-state index contributed by atoms with van der Waals surface area (Å²) in [5.41, 5.74) is 4.51. The Morgan fingerprint density at radius 3 is 2.56 bits per heavy atom. The predicted molar refractivity (Wildman–Crippen MR) is 57.9 cm³/mol. The molecule has 0 aliphatic heterocycles. The molecule has 0 spiro atoms. The van der Waals surface area contributed by atoms with E-state index in [0.717, 1.165) is 0 Å². The highest BCUT2D eigenvalue weighted by atomic mass is 79.9. The molecule has 0 fully saturated rings. The van der Waals surface area contributed by atoms with Gasteiger partial charge in [-0.05, 0) is 35.3 Å². The van der Waals surface area contributed by atoms with E-state index in [2.05, 4.69) is 21.0 Å². The number of alkyl halides is 3. The number of hydrogen-bond donors (Lipinski definition) is 1. The molecule has 1 heterocycles. The second-order valence-corrected chi connectivity index (χ2v) is 4.30. The Morgan fingerprint density at radius 2 is 2.19 bits per heavy atom. The maximum absolute atomic E-state index is 12.5. The van der Waals surface area contributed by atoms with Crippen LogP contribution in [0.25, 0.3) is 0 Å². The molecule has 1 atom stereocenters. The van der Waals surface area contributed by atoms with Crippen molar-refractivity contribution in [1.29, 1.82) is 0 Å². The quantitative estimate of drug-likeness (QED) is 0.929. The molecule has 1 rings (SSSR count). The first-order valence-electron chi connectivity index (χ1n) is 4.92. The SMILES string of the molecule is CCC(CCN)n1cc(Br)c(C(F)(F)F)n1. The van der Waals surface area contributed by atoms with E-state index < -0.39 is 11.9 Å². The summed E-state index contributed by atoms with van der Waals surface area (Å²) in [5.74, 6) is 0. The third kappa shape index (κ3) is 2.98. The molecule has 3 nitrogen and oxygen atoms in total. The summed E-state index contributed by atoms with van der Waals surface area (Å²) in [7, 11) is 0. The van der Waals surface area contributed by atoms with Crippen LogP contribution in [0.1, 0.15) is 31.5 Å². The summed E-state index contributed by atoms with van der Waals surface area (Å²) in [6.07, 6.45) is -1.76. The van der Waals surface area contributed by atoms with Gasteiger partial charge in [0.1, 0.15) is 0 Å². The van der Waals surface area contributed by atoms with E-state index in [4.69, 9.17) is 5.73 Å². The number of nitrogens with zero attached hydrogens (tertiary/aromatic N) is 2. The van der Waals surface area contributed by atoms with Gasteiger partial charge in [-0.3, -0.25) is 4.68 Å². The van der Waals surface area contributed by atoms with Crippen molar-refractivity contribution in [3.63, 3.8) is 0 Å². The lowest BCUT2D eigenvalue weighted by atomic mass is 10.1. The summed E-state index contributed by atoms with van der Waals surface area (Å²) in [4.78, 5) is 0. The van der Waals surface area contributed by atoms with Gasteiger partial charge in [0.25, 0.3) is 0 Å². The van der Waals surface area contributed by atoms with E-state index in [-0.39, 0.29) is 10.5 Å². The van der Waals surface area contributed by atoms with Gasteiger partial charge in [-0.25, -0.2) is 0 Å².